The molecule has 0 saturated carbocycles. The number of thiazole rings is 1. The molecule has 1 amide bonds. The second-order valence-corrected chi connectivity index (χ2v) is 6.62. The van der Waals surface area contributed by atoms with Crippen LogP contribution in [0.3, 0.4) is 0 Å². The molecule has 0 unspecified atom stereocenters. The molecule has 0 radical (unpaired) electrons. The lowest BCUT2D eigenvalue weighted by Gasteiger charge is -2.11. The van der Waals surface area contributed by atoms with Crippen LogP contribution in [0, 0.1) is 0 Å². The number of carbonyl (C=O) groups is 1. The predicted octanol–water partition coefficient (Wildman–Crippen LogP) is 2.40. The smallest absolute Gasteiger partial charge is 0.257 e. The van der Waals surface area contributed by atoms with Crippen molar-refractivity contribution in [2.45, 2.75) is 6.54 Å². The van der Waals surface area contributed by atoms with E-state index in [-0.39, 0.29) is 12.5 Å². The zero-order chi connectivity index (χ0) is 17.5. The van der Waals surface area contributed by atoms with Gasteiger partial charge in [-0.3, -0.25) is 15.6 Å². The van der Waals surface area contributed by atoms with Crippen LogP contribution in [0.25, 0.3) is 10.2 Å². The van der Waals surface area contributed by atoms with Gasteiger partial charge in [0.15, 0.2) is 10.2 Å². The van der Waals surface area contributed by atoms with Gasteiger partial charge in [0.25, 0.3) is 5.91 Å². The van der Waals surface area contributed by atoms with Crippen molar-refractivity contribution in [3.8, 4) is 0 Å². The normalized spacial score (nSPS) is 10.2. The first-order chi connectivity index (χ1) is 12.2. The molecular formula is C17H17N5OS2. The van der Waals surface area contributed by atoms with Crippen LogP contribution >= 0.6 is 23.6 Å². The van der Waals surface area contributed by atoms with Crippen LogP contribution < -0.4 is 21.5 Å². The van der Waals surface area contributed by atoms with E-state index in [1.54, 1.807) is 0 Å². The van der Waals surface area contributed by atoms with Gasteiger partial charge >= 0.3 is 0 Å². The minimum Gasteiger partial charge on any atom is -0.357 e. The van der Waals surface area contributed by atoms with E-state index in [0.29, 0.717) is 16.8 Å². The Morgan fingerprint density at radius 2 is 1.80 bits per heavy atom. The summed E-state index contributed by atoms with van der Waals surface area (Å²) in [5.74, 6) is -0.233. The number of nitrogens with zero attached hydrogens (tertiary/aromatic N) is 1. The van der Waals surface area contributed by atoms with Gasteiger partial charge in [-0.15, -0.1) is 0 Å². The number of rotatable bonds is 5. The summed E-state index contributed by atoms with van der Waals surface area (Å²) < 4.78 is 1.08. The van der Waals surface area contributed by atoms with Crippen molar-refractivity contribution in [3.63, 3.8) is 0 Å². The lowest BCUT2D eigenvalue weighted by Crippen LogP contribution is -2.48. The molecule has 4 N–H and O–H groups in total. The lowest BCUT2D eigenvalue weighted by molar-refractivity contribution is -0.119. The van der Waals surface area contributed by atoms with E-state index in [2.05, 4.69) is 26.5 Å². The number of fused-ring (bicyclic) bond motifs is 1. The monoisotopic (exact) mass is 371 g/mol. The number of hydrogen-bond acceptors (Lipinski definition) is 5. The van der Waals surface area contributed by atoms with E-state index < -0.39 is 0 Å². The molecule has 128 valence electrons. The zero-order valence-corrected chi connectivity index (χ0v) is 14.9. The molecule has 0 saturated heterocycles. The quantitative estimate of drug-likeness (QED) is 0.408. The van der Waals surface area contributed by atoms with E-state index in [0.717, 1.165) is 15.8 Å². The topological polar surface area (TPSA) is 78.1 Å². The molecule has 0 spiro atoms. The second kappa shape index (κ2) is 8.41. The number of thiocarbonyl (C=S) groups is 1. The van der Waals surface area contributed by atoms with Gasteiger partial charge in [0, 0.05) is 6.54 Å². The van der Waals surface area contributed by atoms with Gasteiger partial charge in [-0.1, -0.05) is 53.8 Å². The summed E-state index contributed by atoms with van der Waals surface area (Å²) in [6.07, 6.45) is 0. The maximum absolute atomic E-state index is 11.9. The van der Waals surface area contributed by atoms with Crippen molar-refractivity contribution in [2.24, 2.45) is 0 Å². The highest BCUT2D eigenvalue weighted by molar-refractivity contribution is 7.80. The molecule has 0 bridgehead atoms. The molecule has 0 aliphatic rings. The van der Waals surface area contributed by atoms with Crippen molar-refractivity contribution in [1.29, 1.82) is 0 Å². The standard InChI is InChI=1S/C17H17N5OS2/c23-15(11-19-17-20-13-8-4-5-9-14(13)25-17)21-22-16(24)18-10-12-6-2-1-3-7-12/h1-9H,10-11H2,(H,19,20)(H,21,23)(H2,18,22,24). The van der Waals surface area contributed by atoms with E-state index in [1.807, 2.05) is 54.6 Å². The highest BCUT2D eigenvalue weighted by atomic mass is 32.1. The number of nitrogens with one attached hydrogen (secondary N) is 4. The van der Waals surface area contributed by atoms with Crippen LogP contribution in [0.4, 0.5) is 5.13 Å². The largest absolute Gasteiger partial charge is 0.357 e. The summed E-state index contributed by atoms with van der Waals surface area (Å²) in [7, 11) is 0. The zero-order valence-electron chi connectivity index (χ0n) is 13.3. The number of aromatic nitrogens is 1. The van der Waals surface area contributed by atoms with Crippen molar-refractivity contribution >= 4 is 49.9 Å². The van der Waals surface area contributed by atoms with Crippen LogP contribution in [0.1, 0.15) is 5.56 Å². The summed E-state index contributed by atoms with van der Waals surface area (Å²) in [5.41, 5.74) is 7.25. The highest BCUT2D eigenvalue weighted by Crippen LogP contribution is 2.24. The maximum Gasteiger partial charge on any atom is 0.257 e. The molecular weight excluding hydrogens is 354 g/mol. The SMILES string of the molecule is O=C(CNc1nc2ccccc2s1)NNC(=S)NCc1ccccc1. The summed E-state index contributed by atoms with van der Waals surface area (Å²) in [4.78, 5) is 16.3. The minimum absolute atomic E-state index is 0.105. The third-order valence-electron chi connectivity index (χ3n) is 3.31. The number of benzene rings is 2. The van der Waals surface area contributed by atoms with Crippen molar-refractivity contribution in [2.75, 3.05) is 11.9 Å². The number of carbonyl (C=O) groups excluding carboxylic acids is 1. The summed E-state index contributed by atoms with van der Waals surface area (Å²) in [6.45, 7) is 0.695. The predicted molar refractivity (Wildman–Crippen MR) is 105 cm³/mol. The number of para-hydroxylation sites is 1. The van der Waals surface area contributed by atoms with Gasteiger partial charge in [-0.25, -0.2) is 4.98 Å². The summed E-state index contributed by atoms with van der Waals surface area (Å²) in [6, 6.07) is 17.7. The van der Waals surface area contributed by atoms with Crippen molar-refractivity contribution in [1.82, 2.24) is 21.2 Å². The Morgan fingerprint density at radius 1 is 1.04 bits per heavy atom. The molecule has 0 atom stereocenters. The van der Waals surface area contributed by atoms with Gasteiger partial charge < -0.3 is 10.6 Å². The molecule has 6 nitrogen and oxygen atoms in total. The summed E-state index contributed by atoms with van der Waals surface area (Å²) >= 11 is 6.63. The molecule has 3 aromatic rings. The van der Waals surface area contributed by atoms with Crippen LogP contribution in [-0.4, -0.2) is 22.5 Å². The van der Waals surface area contributed by atoms with Crippen molar-refractivity contribution < 1.29 is 4.79 Å². The Hall–Kier alpha value is -2.71. The average Bonchev–Trinajstić information content (AvgIpc) is 3.07. The van der Waals surface area contributed by atoms with Crippen LogP contribution in [0.5, 0.6) is 0 Å². The average molecular weight is 371 g/mol. The Balaban J connectivity index is 1.38. The number of hydrazine groups is 1. The fraction of sp³-hybridized carbons (Fsp3) is 0.118. The summed E-state index contributed by atoms with van der Waals surface area (Å²) in [5, 5.41) is 7.10. The lowest BCUT2D eigenvalue weighted by atomic mass is 10.2. The van der Waals surface area contributed by atoms with Gasteiger partial charge in [-0.05, 0) is 29.9 Å². The molecule has 0 fully saturated rings. The molecule has 1 heterocycles. The van der Waals surface area contributed by atoms with Gasteiger partial charge in [0.1, 0.15) is 0 Å². The van der Waals surface area contributed by atoms with Gasteiger partial charge in [-0.2, -0.15) is 0 Å². The van der Waals surface area contributed by atoms with Gasteiger partial charge in [0.05, 0.1) is 16.8 Å². The van der Waals surface area contributed by atoms with E-state index in [1.165, 1.54) is 11.3 Å². The number of amides is 1. The number of hydrogen-bond donors (Lipinski definition) is 4. The Morgan fingerprint density at radius 3 is 2.60 bits per heavy atom. The van der Waals surface area contributed by atoms with Crippen LogP contribution in [-0.2, 0) is 11.3 Å². The van der Waals surface area contributed by atoms with Crippen molar-refractivity contribution in [3.05, 3.63) is 60.2 Å². The van der Waals surface area contributed by atoms with Crippen LogP contribution in [0.15, 0.2) is 54.6 Å². The molecule has 25 heavy (non-hydrogen) atoms. The fourth-order valence-corrected chi connectivity index (χ4v) is 3.08. The molecule has 0 aliphatic heterocycles. The highest BCUT2D eigenvalue weighted by Gasteiger charge is 2.06. The van der Waals surface area contributed by atoms with Gasteiger partial charge in [0.2, 0.25) is 0 Å². The maximum atomic E-state index is 11.9. The van der Waals surface area contributed by atoms with E-state index in [9.17, 15) is 4.79 Å². The third kappa shape index (κ3) is 5.13. The molecule has 0 aliphatic carbocycles. The minimum atomic E-state index is -0.233. The van der Waals surface area contributed by atoms with E-state index >= 15 is 0 Å². The molecule has 1 aromatic heterocycles. The molecule has 8 heteroatoms. The Labute approximate surface area is 154 Å². The Bertz CT molecular complexity index is 833. The van der Waals surface area contributed by atoms with Crippen LogP contribution in [0.2, 0.25) is 0 Å². The second-order valence-electron chi connectivity index (χ2n) is 5.18. The Kier molecular flexibility index (Phi) is 5.76. The van der Waals surface area contributed by atoms with E-state index in [4.69, 9.17) is 12.2 Å². The molecule has 3 rings (SSSR count). The first-order valence-corrected chi connectivity index (χ1v) is 8.89. The molecule has 2 aromatic carbocycles. The fourth-order valence-electron chi connectivity index (χ4n) is 2.10. The first kappa shape index (κ1) is 17.1. The number of anilines is 1. The third-order valence-corrected chi connectivity index (χ3v) is 4.55. The first-order valence-electron chi connectivity index (χ1n) is 7.67.